The van der Waals surface area contributed by atoms with E-state index in [2.05, 4.69) is 4.37 Å². The first kappa shape index (κ1) is 17.9. The Labute approximate surface area is 158 Å². The van der Waals surface area contributed by atoms with E-state index >= 15 is 0 Å². The number of aromatic nitrogens is 1. The Morgan fingerprint density at radius 3 is 2.83 bits per heavy atom. The van der Waals surface area contributed by atoms with Crippen LogP contribution in [-0.2, 0) is 4.79 Å². The number of phenols is 1. The molecule has 4 nitrogen and oxygen atoms in total. The van der Waals surface area contributed by atoms with E-state index in [-0.39, 0.29) is 22.8 Å². The Balaban J connectivity index is 1.91. The lowest BCUT2D eigenvalue weighted by Crippen LogP contribution is -2.24. The van der Waals surface area contributed by atoms with Gasteiger partial charge in [0.2, 0.25) is 5.91 Å². The minimum Gasteiger partial charge on any atom is -0.508 e. The van der Waals surface area contributed by atoms with Gasteiger partial charge in [-0.25, -0.2) is 0 Å². The lowest BCUT2D eigenvalue weighted by molar-refractivity contribution is -0.117. The van der Waals surface area contributed by atoms with Crippen molar-refractivity contribution in [3.63, 3.8) is 0 Å². The number of nitrogens with zero attached hydrogens (tertiary/aromatic N) is 2. The van der Waals surface area contributed by atoms with E-state index in [1.807, 2.05) is 19.2 Å². The molecule has 0 bridgehead atoms. The van der Waals surface area contributed by atoms with Crippen LogP contribution in [0, 0.1) is 12.8 Å². The minimum absolute atomic E-state index is 0.0387. The van der Waals surface area contributed by atoms with E-state index in [9.17, 15) is 9.90 Å². The second-order valence-electron chi connectivity index (χ2n) is 5.73. The number of aromatic hydroxyl groups is 1. The van der Waals surface area contributed by atoms with Crippen molar-refractivity contribution in [2.24, 2.45) is 5.92 Å². The molecule has 3 rings (SSSR count). The summed E-state index contributed by atoms with van der Waals surface area (Å²) in [4.78, 5) is 14.2. The molecule has 1 N–H and O–H groups in total. The highest BCUT2D eigenvalue weighted by Crippen LogP contribution is 2.48. The zero-order chi connectivity index (χ0) is 17.4. The molecule has 0 radical (unpaired) electrons. The molecule has 8 heteroatoms. The molecule has 2 atom stereocenters. The number of benzene rings is 1. The lowest BCUT2D eigenvalue weighted by atomic mass is 9.97. The predicted octanol–water partition coefficient (Wildman–Crippen LogP) is 4.92. The molecule has 1 unspecified atom stereocenters. The third-order valence-corrected chi connectivity index (χ3v) is 6.96. The Hall–Kier alpha value is -0.950. The summed E-state index contributed by atoms with van der Waals surface area (Å²) in [6.07, 6.45) is 2.36. The summed E-state index contributed by atoms with van der Waals surface area (Å²) in [7, 11) is 0. The molecule has 1 amide bonds. The summed E-state index contributed by atoms with van der Waals surface area (Å²) < 4.78 is 4.25. The zero-order valence-corrected chi connectivity index (χ0v) is 16.3. The number of phenolic OH excluding ortho intramolecular Hbond substituents is 1. The van der Waals surface area contributed by atoms with Crippen LogP contribution >= 0.6 is 46.5 Å². The number of halogens is 2. The quantitative estimate of drug-likeness (QED) is 0.787. The summed E-state index contributed by atoms with van der Waals surface area (Å²) in [5.41, 5.74) is 1.51. The SMILES string of the molecule is CS[C@H](c1c(O)ccc(Cl)c1Cl)C1CC(=O)N(c2cc(C)ns2)C1. The highest BCUT2D eigenvalue weighted by atomic mass is 35.5. The summed E-state index contributed by atoms with van der Waals surface area (Å²) in [5.74, 6) is 0.223. The molecule has 128 valence electrons. The first-order valence-electron chi connectivity index (χ1n) is 7.35. The van der Waals surface area contributed by atoms with Crippen LogP contribution in [0.5, 0.6) is 5.75 Å². The molecular weight excluding hydrogens is 387 g/mol. The fourth-order valence-corrected chi connectivity index (χ4v) is 5.34. The normalized spacial score (nSPS) is 19.1. The highest BCUT2D eigenvalue weighted by Gasteiger charge is 2.38. The first-order valence-corrected chi connectivity index (χ1v) is 10.2. The molecule has 2 heterocycles. The van der Waals surface area contributed by atoms with Gasteiger partial charge in [0.05, 0.1) is 15.7 Å². The summed E-state index contributed by atoms with van der Waals surface area (Å²) in [6.45, 7) is 2.49. The van der Waals surface area contributed by atoms with Gasteiger partial charge in [-0.1, -0.05) is 23.2 Å². The van der Waals surface area contributed by atoms with Gasteiger partial charge in [-0.15, -0.1) is 0 Å². The van der Waals surface area contributed by atoms with E-state index in [0.29, 0.717) is 28.6 Å². The van der Waals surface area contributed by atoms with Gasteiger partial charge in [-0.05, 0) is 42.9 Å². The van der Waals surface area contributed by atoms with Gasteiger partial charge in [0.25, 0.3) is 0 Å². The van der Waals surface area contributed by atoms with Gasteiger partial charge in [0, 0.05) is 29.7 Å². The maximum Gasteiger partial charge on any atom is 0.228 e. The van der Waals surface area contributed by atoms with E-state index in [1.54, 1.807) is 28.8 Å². The van der Waals surface area contributed by atoms with Gasteiger partial charge in [0.15, 0.2) is 0 Å². The van der Waals surface area contributed by atoms with Crippen LogP contribution in [0.3, 0.4) is 0 Å². The number of hydrogen-bond donors (Lipinski definition) is 1. The van der Waals surface area contributed by atoms with E-state index < -0.39 is 0 Å². The smallest absolute Gasteiger partial charge is 0.228 e. The van der Waals surface area contributed by atoms with Crippen LogP contribution in [-0.4, -0.2) is 28.2 Å². The average molecular weight is 403 g/mol. The fraction of sp³-hybridized carbons (Fsp3) is 0.375. The highest BCUT2D eigenvalue weighted by molar-refractivity contribution is 7.98. The number of amides is 1. The number of carbonyl (C=O) groups excluding carboxylic acids is 1. The van der Waals surface area contributed by atoms with Crippen molar-refractivity contribution in [3.05, 3.63) is 39.5 Å². The summed E-state index contributed by atoms with van der Waals surface area (Å²) >= 11 is 15.3. The monoisotopic (exact) mass is 402 g/mol. The van der Waals surface area contributed by atoms with Crippen molar-refractivity contribution in [1.82, 2.24) is 4.37 Å². The van der Waals surface area contributed by atoms with Crippen molar-refractivity contribution >= 4 is 57.4 Å². The Morgan fingerprint density at radius 2 is 2.21 bits per heavy atom. The van der Waals surface area contributed by atoms with Crippen LogP contribution in [0.25, 0.3) is 0 Å². The molecule has 1 aliphatic heterocycles. The number of rotatable bonds is 4. The van der Waals surface area contributed by atoms with Crippen LogP contribution < -0.4 is 4.90 Å². The number of anilines is 1. The molecule has 1 aromatic carbocycles. The third kappa shape index (κ3) is 3.25. The van der Waals surface area contributed by atoms with E-state index in [0.717, 1.165) is 10.7 Å². The molecule has 1 aromatic heterocycles. The topological polar surface area (TPSA) is 53.4 Å². The fourth-order valence-electron chi connectivity index (χ4n) is 3.00. The molecule has 1 saturated heterocycles. The van der Waals surface area contributed by atoms with Crippen molar-refractivity contribution in [2.45, 2.75) is 18.6 Å². The first-order chi connectivity index (χ1) is 11.4. The van der Waals surface area contributed by atoms with Gasteiger partial charge < -0.3 is 10.0 Å². The number of aryl methyl sites for hydroxylation is 1. The molecule has 2 aromatic rings. The van der Waals surface area contributed by atoms with Crippen LogP contribution in [0.2, 0.25) is 10.0 Å². The summed E-state index contributed by atoms with van der Waals surface area (Å²) in [5, 5.41) is 11.8. The predicted molar refractivity (Wildman–Crippen MR) is 102 cm³/mol. The van der Waals surface area contributed by atoms with Gasteiger partial charge in [0.1, 0.15) is 10.8 Å². The summed E-state index contributed by atoms with van der Waals surface area (Å²) in [6, 6.07) is 5.04. The zero-order valence-electron chi connectivity index (χ0n) is 13.1. The Kier molecular flexibility index (Phi) is 5.30. The lowest BCUT2D eigenvalue weighted by Gasteiger charge is -2.24. The maximum atomic E-state index is 12.5. The standard InChI is InChI=1S/C16H16Cl2N2O2S2/c1-8-5-13(24-19-8)20-7-9(6-12(20)22)16(23-2)14-11(21)4-3-10(17)15(14)18/h3-5,9,16,21H,6-7H2,1-2H3/t9?,16-/m0/s1. The van der Waals surface area contributed by atoms with Crippen molar-refractivity contribution in [2.75, 3.05) is 17.7 Å². The van der Waals surface area contributed by atoms with E-state index in [1.165, 1.54) is 11.5 Å². The third-order valence-electron chi connectivity index (χ3n) is 4.11. The molecular formula is C16H16Cl2N2O2S2. The second-order valence-corrected chi connectivity index (χ2v) is 8.27. The van der Waals surface area contributed by atoms with Gasteiger partial charge in [-0.3, -0.25) is 4.79 Å². The molecule has 0 saturated carbocycles. The van der Waals surface area contributed by atoms with Crippen LogP contribution in [0.1, 0.15) is 22.9 Å². The van der Waals surface area contributed by atoms with Crippen molar-refractivity contribution < 1.29 is 9.90 Å². The molecule has 0 spiro atoms. The number of thioether (sulfide) groups is 1. The van der Waals surface area contributed by atoms with Crippen LogP contribution in [0.15, 0.2) is 18.2 Å². The molecule has 1 fully saturated rings. The Morgan fingerprint density at radius 1 is 1.46 bits per heavy atom. The number of hydrogen-bond acceptors (Lipinski definition) is 5. The number of carbonyl (C=O) groups is 1. The molecule has 1 aliphatic rings. The maximum absolute atomic E-state index is 12.5. The molecule has 24 heavy (non-hydrogen) atoms. The Bertz CT molecular complexity index is 781. The van der Waals surface area contributed by atoms with Crippen molar-refractivity contribution in [1.29, 1.82) is 0 Å². The van der Waals surface area contributed by atoms with E-state index in [4.69, 9.17) is 23.2 Å². The van der Waals surface area contributed by atoms with Gasteiger partial charge in [-0.2, -0.15) is 16.1 Å². The second kappa shape index (κ2) is 7.12. The minimum atomic E-state index is -0.112. The van der Waals surface area contributed by atoms with Crippen molar-refractivity contribution in [3.8, 4) is 5.75 Å². The van der Waals surface area contributed by atoms with Crippen LogP contribution in [0.4, 0.5) is 5.00 Å². The van der Waals surface area contributed by atoms with Gasteiger partial charge >= 0.3 is 0 Å². The average Bonchev–Trinajstić information content (AvgIpc) is 3.13. The molecule has 0 aliphatic carbocycles. The largest absolute Gasteiger partial charge is 0.508 e.